The Labute approximate surface area is 152 Å². The Balaban J connectivity index is 1.48. The zero-order chi connectivity index (χ0) is 17.8. The lowest BCUT2D eigenvalue weighted by molar-refractivity contribution is 0.0717. The van der Waals surface area contributed by atoms with Crippen molar-refractivity contribution in [3.63, 3.8) is 0 Å². The van der Waals surface area contributed by atoms with Gasteiger partial charge in [-0.2, -0.15) is 0 Å². The highest BCUT2D eigenvalue weighted by Crippen LogP contribution is 2.39. The highest BCUT2D eigenvalue weighted by atomic mass is 32.1. The maximum absolute atomic E-state index is 12.8. The maximum atomic E-state index is 12.8. The number of thiazole rings is 1. The van der Waals surface area contributed by atoms with Crippen LogP contribution >= 0.6 is 11.3 Å². The monoisotopic (exact) mass is 380 g/mol. The molecule has 5 rings (SSSR count). The number of fused-ring (bicyclic) bond motifs is 4. The van der Waals surface area contributed by atoms with Gasteiger partial charge in [-0.25, -0.2) is 18.6 Å². The normalized spacial score (nSPS) is 25.5. The molecule has 3 aliphatic heterocycles. The van der Waals surface area contributed by atoms with Crippen LogP contribution in [0.25, 0.3) is 10.2 Å². The van der Waals surface area contributed by atoms with Crippen molar-refractivity contribution in [2.24, 2.45) is 0 Å². The fraction of sp³-hybridized carbons (Fsp3) is 0.529. The van der Waals surface area contributed by atoms with Crippen molar-refractivity contribution in [3.05, 3.63) is 17.7 Å². The van der Waals surface area contributed by atoms with Crippen molar-refractivity contribution in [2.75, 3.05) is 31.1 Å². The first-order valence-electron chi connectivity index (χ1n) is 8.75. The third-order valence-electron chi connectivity index (χ3n) is 5.35. The molecule has 4 heterocycles. The lowest BCUT2D eigenvalue weighted by Crippen LogP contribution is -2.52. The molecule has 2 atom stereocenters. The minimum Gasteiger partial charge on any atom is -0.493 e. The van der Waals surface area contributed by atoms with Crippen LogP contribution in [-0.4, -0.2) is 60.7 Å². The van der Waals surface area contributed by atoms with E-state index in [0.29, 0.717) is 31.2 Å². The average Bonchev–Trinajstić information content (AvgIpc) is 3.27. The summed E-state index contributed by atoms with van der Waals surface area (Å²) < 4.78 is 32.1. The number of ether oxygens (including phenoxy) is 1. The van der Waals surface area contributed by atoms with Gasteiger partial charge in [0, 0.05) is 25.1 Å². The van der Waals surface area contributed by atoms with E-state index in [1.807, 2.05) is 12.1 Å². The Morgan fingerprint density at radius 3 is 3.15 bits per heavy atom. The number of likely N-dealkylation sites (tertiary alicyclic amines) is 1. The summed E-state index contributed by atoms with van der Waals surface area (Å²) >= 11 is 1.47. The molecule has 0 bridgehead atoms. The number of urea groups is 1. The van der Waals surface area contributed by atoms with Crippen molar-refractivity contribution >= 4 is 32.7 Å². The van der Waals surface area contributed by atoms with Crippen LogP contribution in [0.4, 0.5) is 18.7 Å². The molecule has 1 aromatic carbocycles. The molecule has 2 saturated heterocycles. The van der Waals surface area contributed by atoms with E-state index in [4.69, 9.17) is 9.72 Å². The number of carbonyl (C=O) groups is 1. The van der Waals surface area contributed by atoms with Crippen LogP contribution in [-0.2, 0) is 6.42 Å². The molecule has 0 aliphatic carbocycles. The van der Waals surface area contributed by atoms with E-state index in [1.54, 1.807) is 9.80 Å². The molecule has 1 aromatic heterocycles. The molecular weight excluding hydrogens is 362 g/mol. The van der Waals surface area contributed by atoms with Crippen LogP contribution in [0.2, 0.25) is 0 Å². The third kappa shape index (κ3) is 2.52. The highest BCUT2D eigenvalue weighted by molar-refractivity contribution is 7.22. The van der Waals surface area contributed by atoms with Crippen LogP contribution in [0.5, 0.6) is 5.75 Å². The number of nitrogens with zero attached hydrogens (tertiary/aromatic N) is 3. The maximum Gasteiger partial charge on any atom is 0.324 e. The molecule has 26 heavy (non-hydrogen) atoms. The minimum atomic E-state index is -2.37. The van der Waals surface area contributed by atoms with Crippen molar-refractivity contribution in [1.82, 2.24) is 15.2 Å². The van der Waals surface area contributed by atoms with E-state index < -0.39 is 6.43 Å². The Kier molecular flexibility index (Phi) is 3.75. The zero-order valence-electron chi connectivity index (χ0n) is 14.0. The zero-order valence-corrected chi connectivity index (χ0v) is 14.8. The number of piperidine rings is 1. The van der Waals surface area contributed by atoms with Gasteiger partial charge in [-0.3, -0.25) is 9.80 Å². The van der Waals surface area contributed by atoms with E-state index in [2.05, 4.69) is 5.32 Å². The van der Waals surface area contributed by atoms with Gasteiger partial charge >= 0.3 is 6.03 Å². The van der Waals surface area contributed by atoms with Gasteiger partial charge in [0.05, 0.1) is 35.5 Å². The lowest BCUT2D eigenvalue weighted by atomic mass is 10.0. The summed E-state index contributed by atoms with van der Waals surface area (Å²) in [6, 6.07) is 3.55. The number of carbonyl (C=O) groups excluding carboxylic acids is 1. The first-order chi connectivity index (χ1) is 12.6. The fourth-order valence-electron chi connectivity index (χ4n) is 4.16. The van der Waals surface area contributed by atoms with E-state index in [-0.39, 0.29) is 24.7 Å². The summed E-state index contributed by atoms with van der Waals surface area (Å²) in [7, 11) is 0. The summed E-state index contributed by atoms with van der Waals surface area (Å²) in [4.78, 5) is 20.7. The summed E-state index contributed by atoms with van der Waals surface area (Å²) in [6.45, 7) is 1.41. The van der Waals surface area contributed by atoms with E-state index in [0.717, 1.165) is 28.0 Å². The van der Waals surface area contributed by atoms with E-state index >= 15 is 0 Å². The molecule has 2 aromatic rings. The fourth-order valence-corrected chi connectivity index (χ4v) is 5.21. The molecule has 0 spiro atoms. The number of aromatic nitrogens is 1. The number of hydrogen-bond acceptors (Lipinski definition) is 5. The molecule has 9 heteroatoms. The Hall–Kier alpha value is -2.00. The predicted octanol–water partition coefficient (Wildman–Crippen LogP) is 2.47. The molecule has 0 saturated carbocycles. The Morgan fingerprint density at radius 1 is 1.42 bits per heavy atom. The van der Waals surface area contributed by atoms with Gasteiger partial charge in [0.2, 0.25) is 0 Å². The highest BCUT2D eigenvalue weighted by Gasteiger charge is 2.45. The minimum absolute atomic E-state index is 0.0162. The van der Waals surface area contributed by atoms with Crippen molar-refractivity contribution in [1.29, 1.82) is 0 Å². The number of anilines is 1. The van der Waals surface area contributed by atoms with E-state index in [1.165, 1.54) is 11.3 Å². The molecule has 2 unspecified atom stereocenters. The van der Waals surface area contributed by atoms with Crippen LogP contribution in [0, 0.1) is 0 Å². The van der Waals surface area contributed by atoms with Crippen molar-refractivity contribution < 1.29 is 18.3 Å². The number of benzene rings is 1. The van der Waals surface area contributed by atoms with Crippen LogP contribution in [0.15, 0.2) is 12.1 Å². The molecule has 1 N–H and O–H groups in total. The van der Waals surface area contributed by atoms with Crippen LogP contribution < -0.4 is 15.0 Å². The molecule has 2 amide bonds. The standard InChI is InChI=1S/C17H18F2N4O2S/c18-14(19)8-22-5-3-10-11(7-22)23(16(24)20-10)17-21-15-9-4-6-25-12(9)1-2-13(15)26-17/h1-2,10-11,14H,3-8H2,(H,20,24). The second-order valence-corrected chi connectivity index (χ2v) is 7.93. The van der Waals surface area contributed by atoms with Gasteiger partial charge in [0.25, 0.3) is 6.43 Å². The van der Waals surface area contributed by atoms with Gasteiger partial charge in [-0.15, -0.1) is 0 Å². The number of nitrogens with one attached hydrogen (secondary N) is 1. The molecule has 2 fully saturated rings. The summed E-state index contributed by atoms with van der Waals surface area (Å²) in [6.07, 6.45) is -0.876. The largest absolute Gasteiger partial charge is 0.493 e. The van der Waals surface area contributed by atoms with Crippen molar-refractivity contribution in [2.45, 2.75) is 31.4 Å². The molecule has 138 valence electrons. The number of hydrogen-bond donors (Lipinski definition) is 1. The van der Waals surface area contributed by atoms with Crippen molar-refractivity contribution in [3.8, 4) is 5.75 Å². The lowest BCUT2D eigenvalue weighted by Gasteiger charge is -2.36. The predicted molar refractivity (Wildman–Crippen MR) is 94.5 cm³/mol. The summed E-state index contributed by atoms with van der Waals surface area (Å²) in [5.74, 6) is 0.860. The second kappa shape index (κ2) is 6.02. The quantitative estimate of drug-likeness (QED) is 0.889. The van der Waals surface area contributed by atoms with Crippen LogP contribution in [0.3, 0.4) is 0 Å². The summed E-state index contributed by atoms with van der Waals surface area (Å²) in [5.41, 5.74) is 1.97. The number of rotatable bonds is 3. The van der Waals surface area contributed by atoms with Gasteiger partial charge in [-0.1, -0.05) is 11.3 Å². The van der Waals surface area contributed by atoms with E-state index in [9.17, 15) is 13.6 Å². The van der Waals surface area contributed by atoms with Gasteiger partial charge < -0.3 is 10.1 Å². The second-order valence-electron chi connectivity index (χ2n) is 6.92. The molecule has 3 aliphatic rings. The Morgan fingerprint density at radius 2 is 2.31 bits per heavy atom. The topological polar surface area (TPSA) is 57.7 Å². The number of alkyl halides is 2. The number of halogens is 2. The first kappa shape index (κ1) is 16.2. The smallest absolute Gasteiger partial charge is 0.324 e. The SMILES string of the molecule is O=C1NC2CCN(CC(F)F)CC2N1c1nc2c3c(ccc2s1)OCC3. The van der Waals surface area contributed by atoms with Gasteiger partial charge in [-0.05, 0) is 18.6 Å². The van der Waals surface area contributed by atoms with Gasteiger partial charge in [0.1, 0.15) is 5.75 Å². The molecular formula is C17H18F2N4O2S. The molecule has 0 radical (unpaired) electrons. The van der Waals surface area contributed by atoms with Gasteiger partial charge in [0.15, 0.2) is 5.13 Å². The Bertz CT molecular complexity index is 874. The third-order valence-corrected chi connectivity index (χ3v) is 6.37. The van der Waals surface area contributed by atoms with Crippen LogP contribution in [0.1, 0.15) is 12.0 Å². The first-order valence-corrected chi connectivity index (χ1v) is 9.57. The number of amides is 2. The molecule has 6 nitrogen and oxygen atoms in total. The average molecular weight is 380 g/mol. The summed E-state index contributed by atoms with van der Waals surface area (Å²) in [5, 5.41) is 3.62.